The number of carboxylic acids is 1. The number of amides is 1. The molecular weight excluding hydrogens is 246 g/mol. The first kappa shape index (κ1) is 13.5. The molecule has 2 heterocycles. The van der Waals surface area contributed by atoms with E-state index in [1.54, 1.807) is 17.3 Å². The van der Waals surface area contributed by atoms with Gasteiger partial charge in [-0.3, -0.25) is 14.6 Å². The molecule has 1 aromatic heterocycles. The van der Waals surface area contributed by atoms with Crippen molar-refractivity contribution in [1.82, 2.24) is 15.2 Å². The summed E-state index contributed by atoms with van der Waals surface area (Å²) in [6, 6.07) is 3.13. The topological polar surface area (TPSA) is 82.5 Å². The van der Waals surface area contributed by atoms with Gasteiger partial charge in [0.05, 0.1) is 12.5 Å². The number of carbonyl (C=O) groups excluding carboxylic acids is 1. The number of nitrogens with one attached hydrogen (secondary N) is 1. The van der Waals surface area contributed by atoms with Gasteiger partial charge in [0.15, 0.2) is 0 Å². The molecule has 2 N–H and O–H groups in total. The first-order valence-corrected chi connectivity index (χ1v) is 6.22. The summed E-state index contributed by atoms with van der Waals surface area (Å²) in [7, 11) is 0. The van der Waals surface area contributed by atoms with Gasteiger partial charge in [-0.25, -0.2) is 0 Å². The lowest BCUT2D eigenvalue weighted by Gasteiger charge is -2.38. The average molecular weight is 263 g/mol. The fourth-order valence-electron chi connectivity index (χ4n) is 2.18. The summed E-state index contributed by atoms with van der Waals surface area (Å²) in [5, 5.41) is 11.8. The Morgan fingerprint density at radius 1 is 1.53 bits per heavy atom. The average Bonchev–Trinajstić information content (AvgIpc) is 2.39. The van der Waals surface area contributed by atoms with E-state index in [1.165, 1.54) is 0 Å². The van der Waals surface area contributed by atoms with Crippen molar-refractivity contribution in [2.45, 2.75) is 32.0 Å². The van der Waals surface area contributed by atoms with Gasteiger partial charge in [-0.2, -0.15) is 0 Å². The van der Waals surface area contributed by atoms with Gasteiger partial charge in [-0.1, -0.05) is 0 Å². The van der Waals surface area contributed by atoms with E-state index in [2.05, 4.69) is 10.3 Å². The maximum atomic E-state index is 12.3. The van der Waals surface area contributed by atoms with Crippen molar-refractivity contribution in [1.29, 1.82) is 0 Å². The lowest BCUT2D eigenvalue weighted by Crippen LogP contribution is -2.59. The molecule has 1 aliphatic heterocycles. The first-order valence-electron chi connectivity index (χ1n) is 6.22. The molecule has 19 heavy (non-hydrogen) atoms. The Labute approximate surface area is 111 Å². The maximum absolute atomic E-state index is 12.3. The lowest BCUT2D eigenvalue weighted by molar-refractivity contribution is -0.146. The fraction of sp³-hybridized carbons (Fsp3) is 0.462. The third-order valence-electron chi connectivity index (χ3n) is 3.25. The molecule has 1 amide bonds. The number of piperazine rings is 1. The molecule has 2 atom stereocenters. The van der Waals surface area contributed by atoms with Crippen LogP contribution in [0.3, 0.4) is 0 Å². The number of hydrogen-bond donors (Lipinski definition) is 2. The van der Waals surface area contributed by atoms with Gasteiger partial charge in [0.2, 0.25) is 5.91 Å². The number of nitrogens with zero attached hydrogens (tertiary/aromatic N) is 2. The van der Waals surface area contributed by atoms with E-state index in [0.29, 0.717) is 13.1 Å². The highest BCUT2D eigenvalue weighted by molar-refractivity contribution is 5.87. The molecule has 0 aliphatic carbocycles. The van der Waals surface area contributed by atoms with Crippen LogP contribution in [0.1, 0.15) is 18.9 Å². The van der Waals surface area contributed by atoms with Gasteiger partial charge in [0, 0.05) is 31.5 Å². The zero-order valence-corrected chi connectivity index (χ0v) is 10.7. The predicted molar refractivity (Wildman–Crippen MR) is 68.3 cm³/mol. The number of carboxylic acid groups (broad SMARTS) is 1. The first-order chi connectivity index (χ1) is 9.08. The minimum atomic E-state index is -0.968. The lowest BCUT2D eigenvalue weighted by atomic mass is 10.1. The van der Waals surface area contributed by atoms with Crippen LogP contribution in [0.5, 0.6) is 0 Å². The van der Waals surface area contributed by atoms with E-state index in [9.17, 15) is 9.59 Å². The highest BCUT2D eigenvalue weighted by Gasteiger charge is 2.33. The van der Waals surface area contributed by atoms with Crippen LogP contribution >= 0.6 is 0 Å². The van der Waals surface area contributed by atoms with Crippen molar-refractivity contribution in [3.05, 3.63) is 30.1 Å². The van der Waals surface area contributed by atoms with Crippen molar-refractivity contribution < 1.29 is 14.7 Å². The molecule has 0 aromatic carbocycles. The third kappa shape index (κ3) is 3.29. The standard InChI is InChI=1S/C13H17N3O3/c1-9-7-15-11(6-12(17)18)13(19)16(9)8-10-2-4-14-5-3-10/h2-5,9,11,15H,6-8H2,1H3,(H,17,18). The fourth-order valence-corrected chi connectivity index (χ4v) is 2.18. The zero-order chi connectivity index (χ0) is 13.8. The molecule has 0 spiro atoms. The third-order valence-corrected chi connectivity index (χ3v) is 3.25. The molecule has 2 rings (SSSR count). The van der Waals surface area contributed by atoms with Crippen molar-refractivity contribution in [2.75, 3.05) is 6.54 Å². The molecule has 0 radical (unpaired) electrons. The van der Waals surface area contributed by atoms with Crippen molar-refractivity contribution >= 4 is 11.9 Å². The Hall–Kier alpha value is -1.95. The summed E-state index contributed by atoms with van der Waals surface area (Å²) >= 11 is 0. The highest BCUT2D eigenvalue weighted by atomic mass is 16.4. The normalized spacial score (nSPS) is 23.4. The number of aliphatic carboxylic acids is 1. The summed E-state index contributed by atoms with van der Waals surface area (Å²) in [6.07, 6.45) is 3.18. The van der Waals surface area contributed by atoms with E-state index in [1.807, 2.05) is 19.1 Å². The molecule has 1 aromatic rings. The van der Waals surface area contributed by atoms with Crippen LogP contribution in [0, 0.1) is 0 Å². The van der Waals surface area contributed by atoms with Gasteiger partial charge >= 0.3 is 5.97 Å². The van der Waals surface area contributed by atoms with Crippen LogP contribution in [-0.2, 0) is 16.1 Å². The van der Waals surface area contributed by atoms with E-state index < -0.39 is 12.0 Å². The van der Waals surface area contributed by atoms with E-state index >= 15 is 0 Å². The van der Waals surface area contributed by atoms with Gasteiger partial charge in [-0.15, -0.1) is 0 Å². The van der Waals surface area contributed by atoms with Crippen LogP contribution in [0.2, 0.25) is 0 Å². The van der Waals surface area contributed by atoms with Crippen LogP contribution in [-0.4, -0.2) is 45.5 Å². The summed E-state index contributed by atoms with van der Waals surface area (Å²) in [6.45, 7) is 3.04. The minimum absolute atomic E-state index is 0.0470. The minimum Gasteiger partial charge on any atom is -0.481 e. The molecule has 0 bridgehead atoms. The molecule has 102 valence electrons. The summed E-state index contributed by atoms with van der Waals surface area (Å²) in [5.41, 5.74) is 0.992. The predicted octanol–water partition coefficient (Wildman–Crippen LogP) is 0.245. The highest BCUT2D eigenvalue weighted by Crippen LogP contribution is 2.14. The quantitative estimate of drug-likeness (QED) is 0.813. The second-order valence-electron chi connectivity index (χ2n) is 4.73. The number of aromatic nitrogens is 1. The molecule has 0 saturated carbocycles. The molecule has 1 fully saturated rings. The number of hydrogen-bond acceptors (Lipinski definition) is 4. The Kier molecular flexibility index (Phi) is 4.11. The monoisotopic (exact) mass is 263 g/mol. The number of carbonyl (C=O) groups is 2. The van der Waals surface area contributed by atoms with Gasteiger partial charge in [0.25, 0.3) is 0 Å². The Morgan fingerprint density at radius 3 is 2.84 bits per heavy atom. The van der Waals surface area contributed by atoms with Crippen molar-refractivity contribution in [3.8, 4) is 0 Å². The second-order valence-corrected chi connectivity index (χ2v) is 4.73. The van der Waals surface area contributed by atoms with Gasteiger partial charge in [-0.05, 0) is 24.6 Å². The smallest absolute Gasteiger partial charge is 0.305 e. The van der Waals surface area contributed by atoms with E-state index in [-0.39, 0.29) is 18.4 Å². The summed E-state index contributed by atoms with van der Waals surface area (Å²) in [5.74, 6) is -1.12. The number of pyridine rings is 1. The summed E-state index contributed by atoms with van der Waals surface area (Å²) in [4.78, 5) is 28.7. The van der Waals surface area contributed by atoms with Crippen LogP contribution < -0.4 is 5.32 Å². The Balaban J connectivity index is 2.08. The van der Waals surface area contributed by atoms with Gasteiger partial charge < -0.3 is 15.3 Å². The number of rotatable bonds is 4. The Morgan fingerprint density at radius 2 is 2.21 bits per heavy atom. The van der Waals surface area contributed by atoms with E-state index in [0.717, 1.165) is 5.56 Å². The van der Waals surface area contributed by atoms with Crippen LogP contribution in [0.25, 0.3) is 0 Å². The van der Waals surface area contributed by atoms with Crippen LogP contribution in [0.15, 0.2) is 24.5 Å². The van der Waals surface area contributed by atoms with Crippen molar-refractivity contribution in [2.24, 2.45) is 0 Å². The largest absolute Gasteiger partial charge is 0.481 e. The second kappa shape index (κ2) is 5.79. The molecule has 1 saturated heterocycles. The zero-order valence-electron chi connectivity index (χ0n) is 10.7. The molecule has 6 heteroatoms. The van der Waals surface area contributed by atoms with Crippen LogP contribution in [0.4, 0.5) is 0 Å². The molecule has 2 unspecified atom stereocenters. The maximum Gasteiger partial charge on any atom is 0.305 e. The molecule has 1 aliphatic rings. The molecule has 6 nitrogen and oxygen atoms in total. The molecular formula is C13H17N3O3. The SMILES string of the molecule is CC1CNC(CC(=O)O)C(=O)N1Cc1ccncc1. The van der Waals surface area contributed by atoms with Crippen molar-refractivity contribution in [3.63, 3.8) is 0 Å². The Bertz CT molecular complexity index is 463. The van der Waals surface area contributed by atoms with E-state index in [4.69, 9.17) is 5.11 Å². The van der Waals surface area contributed by atoms with Gasteiger partial charge in [0.1, 0.15) is 0 Å². The summed E-state index contributed by atoms with van der Waals surface area (Å²) < 4.78 is 0.